The fourth-order valence-electron chi connectivity index (χ4n) is 1.97. The lowest BCUT2D eigenvalue weighted by atomic mass is 10.3. The van der Waals surface area contributed by atoms with E-state index >= 15 is 0 Å². The van der Waals surface area contributed by atoms with E-state index in [2.05, 4.69) is 0 Å². The molecule has 0 aromatic rings. The number of hydrazine groups is 1. The number of thioether (sulfide) groups is 2. The molecule has 10 nitrogen and oxygen atoms in total. The number of hydrogen-bond acceptors (Lipinski definition) is 10. The maximum atomic E-state index is 12.7. The molecule has 0 bridgehead atoms. The van der Waals surface area contributed by atoms with Crippen LogP contribution in [-0.2, 0) is 39.2 Å². The third-order valence-electron chi connectivity index (χ3n) is 3.21. The highest BCUT2D eigenvalue weighted by molar-refractivity contribution is 8.16. The zero-order valence-electron chi connectivity index (χ0n) is 14.3. The van der Waals surface area contributed by atoms with E-state index in [1.807, 2.05) is 0 Å². The average Bonchev–Trinajstić information content (AvgIpc) is 2.61. The van der Waals surface area contributed by atoms with Crippen LogP contribution in [0, 0.1) is 0 Å². The molecular weight excluding hydrogens is 440 g/mol. The summed E-state index contributed by atoms with van der Waals surface area (Å²) in [5, 5.41) is 0.462. The van der Waals surface area contributed by atoms with Crippen molar-refractivity contribution in [2.75, 3.05) is 28.1 Å². The lowest BCUT2D eigenvalue weighted by molar-refractivity contribution is -0.145. The van der Waals surface area contributed by atoms with Crippen molar-refractivity contribution in [1.29, 1.82) is 0 Å². The van der Waals surface area contributed by atoms with Crippen molar-refractivity contribution in [1.82, 2.24) is 8.83 Å². The predicted molar refractivity (Wildman–Crippen MR) is 102 cm³/mol. The van der Waals surface area contributed by atoms with Crippen LogP contribution < -0.4 is 0 Å². The van der Waals surface area contributed by atoms with Crippen LogP contribution in [0.2, 0.25) is 0 Å². The molecule has 0 atom stereocenters. The molecule has 1 saturated heterocycles. The Morgan fingerprint density at radius 3 is 1.48 bits per heavy atom. The lowest BCUT2D eigenvalue weighted by Crippen LogP contribution is -2.56. The van der Waals surface area contributed by atoms with Gasteiger partial charge in [0.25, 0.3) is 31.9 Å². The second kappa shape index (κ2) is 11.0. The Balaban J connectivity index is 3.47. The first kappa shape index (κ1) is 23.9. The van der Waals surface area contributed by atoms with Crippen molar-refractivity contribution in [3.05, 3.63) is 0 Å². The van der Waals surface area contributed by atoms with Crippen molar-refractivity contribution >= 4 is 68.0 Å². The molecule has 0 unspecified atom stereocenters. The first-order valence-electron chi connectivity index (χ1n) is 7.81. The molecule has 27 heavy (non-hydrogen) atoms. The molecule has 0 N–H and O–H groups in total. The van der Waals surface area contributed by atoms with Gasteiger partial charge in [0.2, 0.25) is 0 Å². The number of rotatable bonds is 6. The lowest BCUT2D eigenvalue weighted by Gasteiger charge is -2.32. The molecule has 2 amide bonds. The normalized spacial score (nSPS) is 20.3. The molecule has 0 radical (unpaired) electrons. The zero-order chi connectivity index (χ0) is 20.5. The summed E-state index contributed by atoms with van der Waals surface area (Å²) in [4.78, 5) is 46.0. The highest BCUT2D eigenvalue weighted by atomic mass is 32.2. The van der Waals surface area contributed by atoms with E-state index in [0.717, 1.165) is 0 Å². The summed E-state index contributed by atoms with van der Waals surface area (Å²) in [7, 11) is -8.97. The largest absolute Gasteiger partial charge is 0.303 e. The summed E-state index contributed by atoms with van der Waals surface area (Å²) >= 11 is 2.53. The van der Waals surface area contributed by atoms with Crippen LogP contribution in [0.15, 0.2) is 0 Å². The van der Waals surface area contributed by atoms with Crippen LogP contribution in [0.5, 0.6) is 0 Å². The van der Waals surface area contributed by atoms with Crippen LogP contribution in [0.3, 0.4) is 0 Å². The number of sulfonamides is 2. The Labute approximate surface area is 166 Å². The molecule has 1 heterocycles. The van der Waals surface area contributed by atoms with E-state index in [0.29, 0.717) is 17.7 Å². The van der Waals surface area contributed by atoms with Crippen molar-refractivity contribution in [3.63, 3.8) is 0 Å². The SMILES string of the molecule is O=CCCC(=O)N1N(C(=O)CCC=O)S(=O)(=O)CCSCSCCS1(=O)=O. The van der Waals surface area contributed by atoms with Crippen molar-refractivity contribution in [3.8, 4) is 0 Å². The summed E-state index contributed by atoms with van der Waals surface area (Å²) < 4.78 is 50.7. The fourth-order valence-corrected chi connectivity index (χ4v) is 8.41. The average molecular weight is 461 g/mol. The van der Waals surface area contributed by atoms with Gasteiger partial charge in [-0.15, -0.1) is 32.4 Å². The molecular formula is C13H20N2O8S4. The van der Waals surface area contributed by atoms with Crippen LogP contribution >= 0.6 is 23.5 Å². The van der Waals surface area contributed by atoms with E-state index in [4.69, 9.17) is 0 Å². The molecule has 0 aliphatic carbocycles. The molecule has 0 aromatic carbocycles. The van der Waals surface area contributed by atoms with Gasteiger partial charge >= 0.3 is 0 Å². The minimum Gasteiger partial charge on any atom is -0.303 e. The Morgan fingerprint density at radius 1 is 0.778 bits per heavy atom. The van der Waals surface area contributed by atoms with E-state index in [1.165, 1.54) is 23.5 Å². The van der Waals surface area contributed by atoms with Gasteiger partial charge in [0, 0.05) is 42.3 Å². The highest BCUT2D eigenvalue weighted by Gasteiger charge is 2.42. The van der Waals surface area contributed by atoms with Gasteiger partial charge in [-0.2, -0.15) is 0 Å². The van der Waals surface area contributed by atoms with Gasteiger partial charge in [-0.05, 0) is 0 Å². The summed E-state index contributed by atoms with van der Waals surface area (Å²) in [6.45, 7) is 0. The summed E-state index contributed by atoms with van der Waals surface area (Å²) in [6, 6.07) is 0. The molecule has 0 aromatic heterocycles. The topological polar surface area (TPSA) is 143 Å². The second-order valence-corrected chi connectivity index (χ2v) is 11.7. The Hall–Kier alpha value is -1.12. The smallest absolute Gasteiger partial charge is 0.257 e. The molecule has 1 rings (SSSR count). The van der Waals surface area contributed by atoms with E-state index < -0.39 is 56.2 Å². The van der Waals surface area contributed by atoms with Crippen molar-refractivity contribution in [2.24, 2.45) is 0 Å². The van der Waals surface area contributed by atoms with Gasteiger partial charge < -0.3 is 9.59 Å². The van der Waals surface area contributed by atoms with E-state index in [1.54, 1.807) is 0 Å². The van der Waals surface area contributed by atoms with E-state index in [9.17, 15) is 36.0 Å². The first-order valence-corrected chi connectivity index (χ1v) is 13.3. The first-order chi connectivity index (χ1) is 12.7. The maximum absolute atomic E-state index is 12.7. The minimum absolute atomic E-state index is 0.0322. The molecule has 0 spiro atoms. The van der Waals surface area contributed by atoms with Crippen molar-refractivity contribution in [2.45, 2.75) is 25.7 Å². The van der Waals surface area contributed by atoms with Crippen LogP contribution in [-0.4, -0.2) is 78.1 Å². The standard InChI is InChI=1S/C13H20N2O8S4/c16-5-1-3-12(18)14-15(13(19)4-2-6-17)27(22,23)10-8-25-11-24-7-9-26(14,20)21/h5-6H,1-4,7-11H2. The molecule has 1 fully saturated rings. The van der Waals surface area contributed by atoms with Gasteiger partial charge in [0.05, 0.1) is 11.5 Å². The molecule has 0 saturated carbocycles. The molecule has 14 heteroatoms. The van der Waals surface area contributed by atoms with Gasteiger partial charge in [-0.3, -0.25) is 9.59 Å². The summed E-state index contributed by atoms with van der Waals surface area (Å²) in [6.07, 6.45) is -1.03. The number of carbonyl (C=O) groups is 4. The predicted octanol–water partition coefficient (Wildman–Crippen LogP) is -0.386. The van der Waals surface area contributed by atoms with Crippen LogP contribution in [0.1, 0.15) is 25.7 Å². The maximum Gasteiger partial charge on any atom is 0.257 e. The second-order valence-electron chi connectivity index (χ2n) is 5.25. The number of hydrogen-bond donors (Lipinski definition) is 0. The molecule has 1 aliphatic heterocycles. The Kier molecular flexibility index (Phi) is 9.76. The Bertz CT molecular complexity index is 701. The van der Waals surface area contributed by atoms with Gasteiger partial charge in [0.1, 0.15) is 12.6 Å². The third kappa shape index (κ3) is 7.08. The van der Waals surface area contributed by atoms with Crippen molar-refractivity contribution < 1.29 is 36.0 Å². The highest BCUT2D eigenvalue weighted by Crippen LogP contribution is 2.22. The van der Waals surface area contributed by atoms with Gasteiger partial charge in [-0.1, -0.05) is 0 Å². The van der Waals surface area contributed by atoms with Gasteiger partial charge in [-0.25, -0.2) is 16.8 Å². The monoisotopic (exact) mass is 460 g/mol. The van der Waals surface area contributed by atoms with Crippen LogP contribution in [0.4, 0.5) is 0 Å². The Morgan fingerprint density at radius 2 is 1.15 bits per heavy atom. The number of amides is 2. The minimum atomic E-state index is -4.48. The fraction of sp³-hybridized carbons (Fsp3) is 0.692. The summed E-state index contributed by atoms with van der Waals surface area (Å²) in [5.74, 6) is -3.30. The summed E-state index contributed by atoms with van der Waals surface area (Å²) in [5.41, 5.74) is 0. The number of aldehydes is 2. The number of nitrogens with zero attached hydrogens (tertiary/aromatic N) is 2. The van der Waals surface area contributed by atoms with Gasteiger partial charge in [0.15, 0.2) is 0 Å². The quantitative estimate of drug-likeness (QED) is 0.481. The van der Waals surface area contributed by atoms with E-state index in [-0.39, 0.29) is 33.2 Å². The molecule has 1 aliphatic rings. The number of carbonyl (C=O) groups excluding carboxylic acids is 4. The third-order valence-corrected chi connectivity index (χ3v) is 9.38. The van der Waals surface area contributed by atoms with Crippen LogP contribution in [0.25, 0.3) is 0 Å². The molecule has 154 valence electrons. The zero-order valence-corrected chi connectivity index (χ0v) is 17.6.